The highest BCUT2D eigenvalue weighted by atomic mass is 35.5. The van der Waals surface area contributed by atoms with Crippen LogP contribution in [-0.4, -0.2) is 48.8 Å². The average molecular weight is 327 g/mol. The lowest BCUT2D eigenvalue weighted by atomic mass is 10.1. The van der Waals surface area contributed by atoms with Gasteiger partial charge in [-0.05, 0) is 18.6 Å². The normalized spacial score (nSPS) is 20.8. The van der Waals surface area contributed by atoms with Crippen LogP contribution >= 0.6 is 11.6 Å². The molecule has 2 heterocycles. The van der Waals surface area contributed by atoms with Gasteiger partial charge in [-0.2, -0.15) is 0 Å². The van der Waals surface area contributed by atoms with Crippen molar-refractivity contribution in [3.05, 3.63) is 35.0 Å². The molecule has 21 heavy (non-hydrogen) atoms. The number of aromatic amines is 1. The van der Waals surface area contributed by atoms with Gasteiger partial charge in [-0.3, -0.25) is 4.79 Å². The number of amides is 1. The molecule has 7 heteroatoms. The highest BCUT2D eigenvalue weighted by molar-refractivity contribution is 7.91. The van der Waals surface area contributed by atoms with E-state index in [0.29, 0.717) is 17.0 Å². The van der Waals surface area contributed by atoms with E-state index in [2.05, 4.69) is 4.98 Å². The van der Waals surface area contributed by atoms with Crippen LogP contribution in [-0.2, 0) is 9.84 Å². The molecule has 112 valence electrons. The standard InChI is InChI=1S/C14H15ClN2O3S/c1-17(10-4-5-21(19,20)8-10)14(18)12-7-16-13-6-9(15)2-3-11(12)13/h2-3,6-7,10,16H,4-5,8H2,1H3. The zero-order valence-electron chi connectivity index (χ0n) is 11.5. The first-order valence-electron chi connectivity index (χ1n) is 6.61. The summed E-state index contributed by atoms with van der Waals surface area (Å²) in [6, 6.07) is 5.03. The highest BCUT2D eigenvalue weighted by Crippen LogP contribution is 2.25. The van der Waals surface area contributed by atoms with Crippen LogP contribution in [0.5, 0.6) is 0 Å². The van der Waals surface area contributed by atoms with Crippen molar-refractivity contribution in [3.8, 4) is 0 Å². The van der Waals surface area contributed by atoms with Crippen LogP contribution in [0.3, 0.4) is 0 Å². The zero-order valence-corrected chi connectivity index (χ0v) is 13.0. The summed E-state index contributed by atoms with van der Waals surface area (Å²) in [4.78, 5) is 17.1. The number of nitrogens with zero attached hydrogens (tertiary/aromatic N) is 1. The van der Waals surface area contributed by atoms with Gasteiger partial charge in [0.1, 0.15) is 0 Å². The summed E-state index contributed by atoms with van der Waals surface area (Å²) in [5.41, 5.74) is 1.33. The molecule has 1 N–H and O–H groups in total. The van der Waals surface area contributed by atoms with Gasteiger partial charge >= 0.3 is 0 Å². The van der Waals surface area contributed by atoms with Crippen LogP contribution in [0.2, 0.25) is 5.02 Å². The maximum absolute atomic E-state index is 12.6. The van der Waals surface area contributed by atoms with Crippen molar-refractivity contribution in [1.82, 2.24) is 9.88 Å². The fourth-order valence-electron chi connectivity index (χ4n) is 2.71. The second kappa shape index (κ2) is 5.03. The Morgan fingerprint density at radius 2 is 2.19 bits per heavy atom. The second-order valence-electron chi connectivity index (χ2n) is 5.37. The van der Waals surface area contributed by atoms with E-state index in [-0.39, 0.29) is 23.5 Å². The van der Waals surface area contributed by atoms with Crippen LogP contribution in [0.4, 0.5) is 0 Å². The number of aromatic nitrogens is 1. The van der Waals surface area contributed by atoms with Gasteiger partial charge in [0.25, 0.3) is 5.91 Å². The lowest BCUT2D eigenvalue weighted by Gasteiger charge is -2.23. The SMILES string of the molecule is CN(C(=O)c1c[nH]c2cc(Cl)ccc12)C1CCS(=O)(=O)C1. The lowest BCUT2D eigenvalue weighted by molar-refractivity contribution is 0.0749. The molecule has 1 atom stereocenters. The van der Waals surface area contributed by atoms with Crippen LogP contribution in [0.1, 0.15) is 16.8 Å². The van der Waals surface area contributed by atoms with Crippen LogP contribution < -0.4 is 0 Å². The summed E-state index contributed by atoms with van der Waals surface area (Å²) in [6.45, 7) is 0. The van der Waals surface area contributed by atoms with Crippen molar-refractivity contribution in [2.75, 3.05) is 18.6 Å². The number of nitrogens with one attached hydrogen (secondary N) is 1. The molecule has 1 aromatic heterocycles. The molecule has 1 aliphatic heterocycles. The Morgan fingerprint density at radius 1 is 1.43 bits per heavy atom. The number of hydrogen-bond acceptors (Lipinski definition) is 3. The number of hydrogen-bond donors (Lipinski definition) is 1. The van der Waals surface area contributed by atoms with E-state index in [4.69, 9.17) is 11.6 Å². The van der Waals surface area contributed by atoms with Crippen molar-refractivity contribution in [3.63, 3.8) is 0 Å². The topological polar surface area (TPSA) is 70.2 Å². The summed E-state index contributed by atoms with van der Waals surface area (Å²) in [5.74, 6) is 0.0213. The largest absolute Gasteiger partial charge is 0.360 e. The molecule has 5 nitrogen and oxygen atoms in total. The minimum Gasteiger partial charge on any atom is -0.360 e. The summed E-state index contributed by atoms with van der Waals surface area (Å²) in [5, 5.41) is 1.38. The molecule has 1 unspecified atom stereocenters. The number of fused-ring (bicyclic) bond motifs is 1. The first-order valence-corrected chi connectivity index (χ1v) is 8.81. The van der Waals surface area contributed by atoms with E-state index in [0.717, 1.165) is 10.9 Å². The van der Waals surface area contributed by atoms with Crippen LogP contribution in [0.25, 0.3) is 10.9 Å². The molecule has 0 bridgehead atoms. The van der Waals surface area contributed by atoms with Gasteiger partial charge in [-0.1, -0.05) is 17.7 Å². The van der Waals surface area contributed by atoms with E-state index in [1.807, 2.05) is 0 Å². The number of halogens is 1. The molecule has 1 fully saturated rings. The van der Waals surface area contributed by atoms with Gasteiger partial charge < -0.3 is 9.88 Å². The second-order valence-corrected chi connectivity index (χ2v) is 8.03. The molecular formula is C14H15ClN2O3S. The maximum atomic E-state index is 12.6. The quantitative estimate of drug-likeness (QED) is 0.918. The molecule has 0 spiro atoms. The molecule has 1 aliphatic rings. The number of benzene rings is 1. The molecule has 0 aliphatic carbocycles. The van der Waals surface area contributed by atoms with Crippen molar-refractivity contribution in [2.24, 2.45) is 0 Å². The smallest absolute Gasteiger partial charge is 0.256 e. The third-order valence-corrected chi connectivity index (χ3v) is 5.94. The summed E-state index contributed by atoms with van der Waals surface area (Å²) < 4.78 is 23.1. The fourth-order valence-corrected chi connectivity index (χ4v) is 4.66. The first-order chi connectivity index (χ1) is 9.87. The third kappa shape index (κ3) is 2.65. The van der Waals surface area contributed by atoms with Crippen molar-refractivity contribution in [2.45, 2.75) is 12.5 Å². The zero-order chi connectivity index (χ0) is 15.2. The Hall–Kier alpha value is -1.53. The molecule has 0 radical (unpaired) electrons. The van der Waals surface area contributed by atoms with E-state index < -0.39 is 9.84 Å². The molecule has 1 saturated heterocycles. The molecule has 0 saturated carbocycles. The van der Waals surface area contributed by atoms with E-state index in [9.17, 15) is 13.2 Å². The molecule has 2 aromatic rings. The molecular weight excluding hydrogens is 312 g/mol. The number of carbonyl (C=O) groups is 1. The van der Waals surface area contributed by atoms with Gasteiger partial charge in [0, 0.05) is 35.2 Å². The number of sulfone groups is 1. The monoisotopic (exact) mass is 326 g/mol. The number of carbonyl (C=O) groups excluding carboxylic acids is 1. The maximum Gasteiger partial charge on any atom is 0.256 e. The Balaban J connectivity index is 1.90. The van der Waals surface area contributed by atoms with E-state index >= 15 is 0 Å². The Bertz CT molecular complexity index is 813. The van der Waals surface area contributed by atoms with Gasteiger partial charge in [-0.15, -0.1) is 0 Å². The summed E-state index contributed by atoms with van der Waals surface area (Å²) >= 11 is 5.92. The summed E-state index contributed by atoms with van der Waals surface area (Å²) in [7, 11) is -1.35. The Kier molecular flexibility index (Phi) is 3.45. The van der Waals surface area contributed by atoms with E-state index in [1.165, 1.54) is 4.90 Å². The summed E-state index contributed by atoms with van der Waals surface area (Å²) in [6.07, 6.45) is 2.14. The van der Waals surface area contributed by atoms with Crippen molar-refractivity contribution in [1.29, 1.82) is 0 Å². The predicted molar refractivity (Wildman–Crippen MR) is 82.5 cm³/mol. The van der Waals surface area contributed by atoms with E-state index in [1.54, 1.807) is 31.4 Å². The number of rotatable bonds is 2. The number of H-pyrrole nitrogens is 1. The minimum atomic E-state index is -3.01. The molecule has 3 rings (SSSR count). The first kappa shape index (κ1) is 14.4. The van der Waals surface area contributed by atoms with Crippen molar-refractivity contribution < 1.29 is 13.2 Å². The van der Waals surface area contributed by atoms with Gasteiger partial charge in [-0.25, -0.2) is 8.42 Å². The Morgan fingerprint density at radius 3 is 2.86 bits per heavy atom. The minimum absolute atomic E-state index is 0.0451. The van der Waals surface area contributed by atoms with Gasteiger partial charge in [0.05, 0.1) is 17.1 Å². The third-order valence-electron chi connectivity index (χ3n) is 3.95. The van der Waals surface area contributed by atoms with Crippen molar-refractivity contribution >= 4 is 38.2 Å². The predicted octanol–water partition coefficient (Wildman–Crippen LogP) is 2.08. The fraction of sp³-hybridized carbons (Fsp3) is 0.357. The lowest BCUT2D eigenvalue weighted by Crippen LogP contribution is -2.37. The van der Waals surface area contributed by atoms with Gasteiger partial charge in [0.15, 0.2) is 9.84 Å². The molecule has 1 amide bonds. The van der Waals surface area contributed by atoms with Gasteiger partial charge in [0.2, 0.25) is 0 Å². The highest BCUT2D eigenvalue weighted by Gasteiger charge is 2.33. The van der Waals surface area contributed by atoms with Crippen LogP contribution in [0, 0.1) is 0 Å². The average Bonchev–Trinajstić information content (AvgIpc) is 2.99. The molecule has 1 aromatic carbocycles. The Labute approximate surface area is 127 Å². The van der Waals surface area contributed by atoms with Crippen LogP contribution in [0.15, 0.2) is 24.4 Å².